The molecule has 0 fully saturated rings. The zero-order chi connectivity index (χ0) is 15.0. The highest BCUT2D eigenvalue weighted by Gasteiger charge is 2.12. The zero-order valence-corrected chi connectivity index (χ0v) is 12.5. The van der Waals surface area contributed by atoms with E-state index >= 15 is 0 Å². The van der Waals surface area contributed by atoms with Crippen molar-refractivity contribution < 1.29 is 0 Å². The maximum atomic E-state index is 12.5. The minimum atomic E-state index is -0.107. The molecule has 2 heterocycles. The number of aryl methyl sites for hydroxylation is 1. The van der Waals surface area contributed by atoms with Crippen LogP contribution in [-0.2, 0) is 7.05 Å². The molecule has 6 heteroatoms. The number of aromatic nitrogens is 3. The van der Waals surface area contributed by atoms with Crippen molar-refractivity contribution in [3.8, 4) is 21.8 Å². The van der Waals surface area contributed by atoms with E-state index in [1.54, 1.807) is 17.7 Å². The van der Waals surface area contributed by atoms with Crippen molar-refractivity contribution in [2.45, 2.75) is 6.92 Å². The lowest BCUT2D eigenvalue weighted by atomic mass is 10.1. The molecule has 2 N–H and O–H groups in total. The highest BCUT2D eigenvalue weighted by molar-refractivity contribution is 7.18. The molecule has 0 atom stereocenters. The highest BCUT2D eigenvalue weighted by atomic mass is 32.1. The summed E-state index contributed by atoms with van der Waals surface area (Å²) in [6, 6.07) is 11.8. The largest absolute Gasteiger partial charge is 0.374 e. The Kier molecular flexibility index (Phi) is 3.31. The number of nitrogens with two attached hydrogens (primary N) is 1. The summed E-state index contributed by atoms with van der Waals surface area (Å²) in [6.07, 6.45) is 0. The van der Waals surface area contributed by atoms with Crippen LogP contribution >= 0.6 is 11.3 Å². The fourth-order valence-electron chi connectivity index (χ4n) is 2.16. The van der Waals surface area contributed by atoms with Crippen LogP contribution in [0.1, 0.15) is 5.56 Å². The van der Waals surface area contributed by atoms with Crippen molar-refractivity contribution in [2.24, 2.45) is 7.05 Å². The summed E-state index contributed by atoms with van der Waals surface area (Å²) >= 11 is 1.21. The Morgan fingerprint density at radius 2 is 1.81 bits per heavy atom. The van der Waals surface area contributed by atoms with Crippen LogP contribution in [0.5, 0.6) is 0 Å². The van der Waals surface area contributed by atoms with E-state index in [9.17, 15) is 4.79 Å². The number of benzene rings is 1. The standard InChI is InChI=1S/C15H14N4OS/c1-9-3-5-10(6-4-9)12-8-7-11(14(20)19(12)2)13-17-18-15(16)21-13/h3-8H,1-2H3,(H2,16,18). The van der Waals surface area contributed by atoms with Crippen molar-refractivity contribution in [1.82, 2.24) is 14.8 Å². The smallest absolute Gasteiger partial charge is 0.261 e. The van der Waals surface area contributed by atoms with Crippen LogP contribution in [0.2, 0.25) is 0 Å². The van der Waals surface area contributed by atoms with E-state index in [0.717, 1.165) is 11.3 Å². The van der Waals surface area contributed by atoms with E-state index in [1.807, 2.05) is 37.3 Å². The number of nitrogen functional groups attached to an aromatic ring is 1. The van der Waals surface area contributed by atoms with Gasteiger partial charge in [0.15, 0.2) is 5.01 Å². The van der Waals surface area contributed by atoms with Gasteiger partial charge in [-0.2, -0.15) is 0 Å². The predicted octanol–water partition coefficient (Wildman–Crippen LogP) is 2.46. The van der Waals surface area contributed by atoms with Gasteiger partial charge in [0.25, 0.3) is 5.56 Å². The van der Waals surface area contributed by atoms with Crippen LogP contribution < -0.4 is 11.3 Å². The van der Waals surface area contributed by atoms with Gasteiger partial charge in [-0.25, -0.2) is 0 Å². The Bertz CT molecular complexity index is 849. The molecule has 0 spiro atoms. The second kappa shape index (κ2) is 5.14. The lowest BCUT2D eigenvalue weighted by Gasteiger charge is -2.09. The van der Waals surface area contributed by atoms with E-state index in [0.29, 0.717) is 15.7 Å². The van der Waals surface area contributed by atoms with Gasteiger partial charge in [0, 0.05) is 7.05 Å². The van der Waals surface area contributed by atoms with Crippen molar-refractivity contribution in [3.05, 3.63) is 52.3 Å². The molecule has 3 rings (SSSR count). The zero-order valence-electron chi connectivity index (χ0n) is 11.7. The van der Waals surface area contributed by atoms with Crippen molar-refractivity contribution in [3.63, 3.8) is 0 Å². The molecule has 3 aromatic rings. The minimum Gasteiger partial charge on any atom is -0.374 e. The average Bonchev–Trinajstić information content (AvgIpc) is 2.89. The van der Waals surface area contributed by atoms with Crippen molar-refractivity contribution >= 4 is 16.5 Å². The second-order valence-corrected chi connectivity index (χ2v) is 5.82. The number of hydrogen-bond acceptors (Lipinski definition) is 5. The number of anilines is 1. The molecule has 2 aromatic heterocycles. The van der Waals surface area contributed by atoms with Crippen LogP contribution in [0.3, 0.4) is 0 Å². The van der Waals surface area contributed by atoms with Crippen LogP contribution in [0, 0.1) is 6.92 Å². The van der Waals surface area contributed by atoms with Crippen LogP contribution in [0.15, 0.2) is 41.2 Å². The molecule has 21 heavy (non-hydrogen) atoms. The molecule has 5 nitrogen and oxygen atoms in total. The molecule has 0 saturated carbocycles. The van der Waals surface area contributed by atoms with Gasteiger partial charge in [-0.3, -0.25) is 4.79 Å². The van der Waals surface area contributed by atoms with Crippen LogP contribution in [0.25, 0.3) is 21.8 Å². The first kappa shape index (κ1) is 13.5. The third-order valence-corrected chi connectivity index (χ3v) is 4.11. The van der Waals surface area contributed by atoms with Gasteiger partial charge in [-0.05, 0) is 24.6 Å². The van der Waals surface area contributed by atoms with E-state index in [2.05, 4.69) is 10.2 Å². The Morgan fingerprint density at radius 1 is 1.10 bits per heavy atom. The van der Waals surface area contributed by atoms with E-state index in [-0.39, 0.29) is 5.56 Å². The molecule has 1 aromatic carbocycles. The third kappa shape index (κ3) is 2.45. The molecule has 0 saturated heterocycles. The molecular weight excluding hydrogens is 284 g/mol. The lowest BCUT2D eigenvalue weighted by Crippen LogP contribution is -2.19. The maximum absolute atomic E-state index is 12.5. The summed E-state index contributed by atoms with van der Waals surface area (Å²) in [4.78, 5) is 12.5. The number of rotatable bonds is 2. The number of nitrogens with zero attached hydrogens (tertiary/aromatic N) is 3. The Morgan fingerprint density at radius 3 is 2.43 bits per heavy atom. The van der Waals surface area contributed by atoms with Crippen LogP contribution in [-0.4, -0.2) is 14.8 Å². The average molecular weight is 298 g/mol. The van der Waals surface area contributed by atoms with Gasteiger partial charge in [-0.15, -0.1) is 10.2 Å². The van der Waals surface area contributed by atoms with Gasteiger partial charge >= 0.3 is 0 Å². The summed E-state index contributed by atoms with van der Waals surface area (Å²) in [7, 11) is 1.76. The van der Waals surface area contributed by atoms with Gasteiger partial charge in [-0.1, -0.05) is 41.2 Å². The molecule has 0 aliphatic rings. The molecule has 0 amide bonds. The molecule has 0 aliphatic heterocycles. The fourth-order valence-corrected chi connectivity index (χ4v) is 2.78. The predicted molar refractivity (Wildman–Crippen MR) is 85.2 cm³/mol. The summed E-state index contributed by atoms with van der Waals surface area (Å²) in [5.74, 6) is 0. The quantitative estimate of drug-likeness (QED) is 0.788. The molecular formula is C15H14N4OS. The van der Waals surface area contributed by atoms with Gasteiger partial charge in [0.2, 0.25) is 5.13 Å². The molecule has 0 aliphatic carbocycles. The normalized spacial score (nSPS) is 10.8. The minimum absolute atomic E-state index is 0.107. The summed E-state index contributed by atoms with van der Waals surface area (Å²) in [5, 5.41) is 8.59. The molecule has 106 valence electrons. The summed E-state index contributed by atoms with van der Waals surface area (Å²) in [6.45, 7) is 2.03. The molecule has 0 bridgehead atoms. The van der Waals surface area contributed by atoms with Gasteiger partial charge < -0.3 is 10.3 Å². The topological polar surface area (TPSA) is 73.8 Å². The molecule has 0 radical (unpaired) electrons. The van der Waals surface area contributed by atoms with E-state index in [1.165, 1.54) is 16.9 Å². The Labute approximate surface area is 125 Å². The first-order valence-electron chi connectivity index (χ1n) is 6.42. The highest BCUT2D eigenvalue weighted by Crippen LogP contribution is 2.24. The Balaban J connectivity index is 2.12. The monoisotopic (exact) mass is 298 g/mol. The fraction of sp³-hybridized carbons (Fsp3) is 0.133. The molecule has 0 unspecified atom stereocenters. The van der Waals surface area contributed by atoms with Gasteiger partial charge in [0.1, 0.15) is 0 Å². The van der Waals surface area contributed by atoms with Crippen LogP contribution in [0.4, 0.5) is 5.13 Å². The first-order valence-corrected chi connectivity index (χ1v) is 7.24. The first-order chi connectivity index (χ1) is 10.1. The van der Waals surface area contributed by atoms with Crippen molar-refractivity contribution in [2.75, 3.05) is 5.73 Å². The lowest BCUT2D eigenvalue weighted by molar-refractivity contribution is 0.872. The Hall–Kier alpha value is -2.47. The number of hydrogen-bond donors (Lipinski definition) is 1. The van der Waals surface area contributed by atoms with Crippen molar-refractivity contribution in [1.29, 1.82) is 0 Å². The summed E-state index contributed by atoms with van der Waals surface area (Å²) in [5.41, 5.74) is 9.03. The maximum Gasteiger partial charge on any atom is 0.261 e. The van der Waals surface area contributed by atoms with E-state index < -0.39 is 0 Å². The second-order valence-electron chi connectivity index (χ2n) is 4.81. The SMILES string of the molecule is Cc1ccc(-c2ccc(-c3nnc(N)s3)c(=O)n2C)cc1. The number of pyridine rings is 1. The summed E-state index contributed by atoms with van der Waals surface area (Å²) < 4.78 is 1.62. The van der Waals surface area contributed by atoms with Gasteiger partial charge in [0.05, 0.1) is 11.3 Å². The third-order valence-electron chi connectivity index (χ3n) is 3.32. The van der Waals surface area contributed by atoms with E-state index in [4.69, 9.17) is 5.73 Å².